The molecule has 1 heterocycles. The number of anilines is 1. The maximum absolute atomic E-state index is 6.14. The van der Waals surface area contributed by atoms with Crippen LogP contribution in [0.5, 0.6) is 0 Å². The number of rotatable bonds is 4. The molecule has 0 spiro atoms. The molecule has 1 aromatic rings. The van der Waals surface area contributed by atoms with Crippen LogP contribution in [0.15, 0.2) is 16.7 Å². The van der Waals surface area contributed by atoms with E-state index in [4.69, 9.17) is 17.3 Å². The highest BCUT2D eigenvalue weighted by Gasteiger charge is 2.23. The van der Waals surface area contributed by atoms with E-state index in [0.717, 1.165) is 23.4 Å². The maximum atomic E-state index is 6.14. The minimum absolute atomic E-state index is 0.639. The monoisotopic (exact) mass is 331 g/mol. The Morgan fingerprint density at radius 2 is 2.11 bits per heavy atom. The van der Waals surface area contributed by atoms with E-state index in [1.807, 2.05) is 6.07 Å². The molecule has 1 aliphatic carbocycles. The minimum atomic E-state index is 0.639. The summed E-state index contributed by atoms with van der Waals surface area (Å²) in [6.07, 6.45) is 6.89. The second-order valence-corrected chi connectivity index (χ2v) is 6.23. The van der Waals surface area contributed by atoms with Gasteiger partial charge in [0.1, 0.15) is 5.82 Å². The second kappa shape index (κ2) is 6.73. The van der Waals surface area contributed by atoms with Gasteiger partial charge in [-0.25, -0.2) is 4.98 Å². The summed E-state index contributed by atoms with van der Waals surface area (Å²) in [6.45, 7) is 1.70. The van der Waals surface area contributed by atoms with E-state index < -0.39 is 0 Å². The summed E-state index contributed by atoms with van der Waals surface area (Å²) in [5, 5.41) is 4.01. The zero-order valence-electron chi connectivity index (χ0n) is 10.3. The summed E-state index contributed by atoms with van der Waals surface area (Å²) in [5.74, 6) is 2.05. The van der Waals surface area contributed by atoms with Crippen LogP contribution in [0.2, 0.25) is 5.02 Å². The van der Waals surface area contributed by atoms with Gasteiger partial charge in [0.2, 0.25) is 0 Å². The molecule has 5 heteroatoms. The molecule has 1 saturated carbocycles. The van der Waals surface area contributed by atoms with Crippen molar-refractivity contribution in [1.82, 2.24) is 4.98 Å². The highest BCUT2D eigenvalue weighted by molar-refractivity contribution is 9.10. The zero-order valence-corrected chi connectivity index (χ0v) is 12.7. The topological polar surface area (TPSA) is 50.9 Å². The molecule has 1 aliphatic rings. The Morgan fingerprint density at radius 1 is 1.39 bits per heavy atom. The van der Waals surface area contributed by atoms with Crippen molar-refractivity contribution < 1.29 is 0 Å². The van der Waals surface area contributed by atoms with Crippen LogP contribution in [0.1, 0.15) is 25.7 Å². The molecule has 0 aliphatic heterocycles. The van der Waals surface area contributed by atoms with E-state index in [1.165, 1.54) is 25.7 Å². The number of pyridine rings is 1. The molecule has 2 unspecified atom stereocenters. The Balaban J connectivity index is 1.93. The second-order valence-electron chi connectivity index (χ2n) is 4.91. The molecule has 0 saturated heterocycles. The number of nitrogens with one attached hydrogen (secondary N) is 1. The van der Waals surface area contributed by atoms with Crippen molar-refractivity contribution in [3.63, 3.8) is 0 Å². The van der Waals surface area contributed by atoms with E-state index in [9.17, 15) is 0 Å². The molecule has 0 aromatic carbocycles. The molecule has 2 rings (SSSR count). The van der Waals surface area contributed by atoms with Crippen LogP contribution in [0.4, 0.5) is 5.82 Å². The highest BCUT2D eigenvalue weighted by atomic mass is 79.9. The fourth-order valence-corrected chi connectivity index (χ4v) is 3.33. The van der Waals surface area contributed by atoms with Gasteiger partial charge in [-0.15, -0.1) is 0 Å². The maximum Gasteiger partial charge on any atom is 0.144 e. The van der Waals surface area contributed by atoms with Gasteiger partial charge in [-0.05, 0) is 53.2 Å². The van der Waals surface area contributed by atoms with Gasteiger partial charge in [0, 0.05) is 17.2 Å². The molecule has 3 N–H and O–H groups in total. The molecular weight excluding hydrogens is 314 g/mol. The van der Waals surface area contributed by atoms with Crippen molar-refractivity contribution in [2.24, 2.45) is 17.6 Å². The first-order chi connectivity index (χ1) is 8.70. The smallest absolute Gasteiger partial charge is 0.144 e. The van der Waals surface area contributed by atoms with Gasteiger partial charge in [-0.1, -0.05) is 24.4 Å². The van der Waals surface area contributed by atoms with Crippen molar-refractivity contribution in [3.8, 4) is 0 Å². The SMILES string of the molecule is NCC1CCCCC1CNc1ncc(Br)cc1Cl. The lowest BCUT2D eigenvalue weighted by Gasteiger charge is -2.30. The van der Waals surface area contributed by atoms with E-state index >= 15 is 0 Å². The first-order valence-corrected chi connectivity index (χ1v) is 7.62. The third-order valence-electron chi connectivity index (χ3n) is 3.71. The first-order valence-electron chi connectivity index (χ1n) is 6.45. The Hall–Kier alpha value is -0.320. The van der Waals surface area contributed by atoms with Gasteiger partial charge >= 0.3 is 0 Å². The highest BCUT2D eigenvalue weighted by Crippen LogP contribution is 2.30. The quantitative estimate of drug-likeness (QED) is 0.884. The number of aromatic nitrogens is 1. The third kappa shape index (κ3) is 3.59. The molecule has 2 atom stereocenters. The van der Waals surface area contributed by atoms with Gasteiger partial charge in [0.05, 0.1) is 5.02 Å². The van der Waals surface area contributed by atoms with Crippen molar-refractivity contribution in [2.75, 3.05) is 18.4 Å². The van der Waals surface area contributed by atoms with Crippen LogP contribution in [0, 0.1) is 11.8 Å². The predicted molar refractivity (Wildman–Crippen MR) is 79.9 cm³/mol. The van der Waals surface area contributed by atoms with Gasteiger partial charge < -0.3 is 11.1 Å². The van der Waals surface area contributed by atoms with Crippen molar-refractivity contribution in [3.05, 3.63) is 21.8 Å². The Kier molecular flexibility index (Phi) is 5.27. The molecule has 0 amide bonds. The normalized spacial score (nSPS) is 23.9. The lowest BCUT2D eigenvalue weighted by atomic mass is 9.79. The summed E-state index contributed by atoms with van der Waals surface area (Å²) in [4.78, 5) is 4.29. The van der Waals surface area contributed by atoms with Crippen LogP contribution < -0.4 is 11.1 Å². The number of nitrogens with two attached hydrogens (primary N) is 1. The molecule has 0 bridgehead atoms. The van der Waals surface area contributed by atoms with Crippen LogP contribution in [-0.4, -0.2) is 18.1 Å². The Bertz CT molecular complexity index is 400. The lowest BCUT2D eigenvalue weighted by Crippen LogP contribution is -2.31. The predicted octanol–water partition coefficient (Wildman–Crippen LogP) is 3.67. The Labute approximate surface area is 122 Å². The standard InChI is InChI=1S/C13H19BrClN3/c14-11-5-12(15)13(18-8-11)17-7-10-4-2-1-3-9(10)6-16/h5,8-10H,1-4,6-7,16H2,(H,17,18). The molecule has 100 valence electrons. The first kappa shape index (κ1) is 14.1. The van der Waals surface area contributed by atoms with Crippen LogP contribution in [0.3, 0.4) is 0 Å². The number of hydrogen-bond donors (Lipinski definition) is 2. The van der Waals surface area contributed by atoms with E-state index in [-0.39, 0.29) is 0 Å². The van der Waals surface area contributed by atoms with Crippen LogP contribution >= 0.6 is 27.5 Å². The Morgan fingerprint density at radius 3 is 2.78 bits per heavy atom. The van der Waals surface area contributed by atoms with E-state index in [1.54, 1.807) is 6.20 Å². The minimum Gasteiger partial charge on any atom is -0.369 e. The molecule has 0 radical (unpaired) electrons. The van der Waals surface area contributed by atoms with Crippen molar-refractivity contribution in [1.29, 1.82) is 0 Å². The lowest BCUT2D eigenvalue weighted by molar-refractivity contribution is 0.255. The molecule has 3 nitrogen and oxygen atoms in total. The number of hydrogen-bond acceptors (Lipinski definition) is 3. The fraction of sp³-hybridized carbons (Fsp3) is 0.615. The summed E-state index contributed by atoms with van der Waals surface area (Å²) >= 11 is 9.49. The molecule has 18 heavy (non-hydrogen) atoms. The summed E-state index contributed by atoms with van der Waals surface area (Å²) < 4.78 is 0.899. The summed E-state index contributed by atoms with van der Waals surface area (Å²) in [6, 6.07) is 1.86. The zero-order chi connectivity index (χ0) is 13.0. The van der Waals surface area contributed by atoms with E-state index in [0.29, 0.717) is 16.9 Å². The molecule has 1 fully saturated rings. The van der Waals surface area contributed by atoms with Crippen molar-refractivity contribution in [2.45, 2.75) is 25.7 Å². The van der Waals surface area contributed by atoms with Gasteiger partial charge in [-0.2, -0.15) is 0 Å². The average Bonchev–Trinajstić information content (AvgIpc) is 2.38. The summed E-state index contributed by atoms with van der Waals surface area (Å²) in [5.41, 5.74) is 5.84. The van der Waals surface area contributed by atoms with Crippen LogP contribution in [0.25, 0.3) is 0 Å². The molecule has 1 aromatic heterocycles. The van der Waals surface area contributed by atoms with Gasteiger partial charge in [-0.3, -0.25) is 0 Å². The third-order valence-corrected chi connectivity index (χ3v) is 4.43. The van der Waals surface area contributed by atoms with E-state index in [2.05, 4.69) is 26.2 Å². The van der Waals surface area contributed by atoms with Crippen molar-refractivity contribution >= 4 is 33.3 Å². The fourth-order valence-electron chi connectivity index (χ4n) is 2.64. The molecular formula is C13H19BrClN3. The number of nitrogens with zero attached hydrogens (tertiary/aromatic N) is 1. The largest absolute Gasteiger partial charge is 0.369 e. The average molecular weight is 333 g/mol. The summed E-state index contributed by atoms with van der Waals surface area (Å²) in [7, 11) is 0. The van der Waals surface area contributed by atoms with Gasteiger partial charge in [0.15, 0.2) is 0 Å². The number of halogens is 2. The van der Waals surface area contributed by atoms with Crippen LogP contribution in [-0.2, 0) is 0 Å². The van der Waals surface area contributed by atoms with Gasteiger partial charge in [0.25, 0.3) is 0 Å².